The van der Waals surface area contributed by atoms with Gasteiger partial charge in [-0.2, -0.15) is 0 Å². The summed E-state index contributed by atoms with van der Waals surface area (Å²) in [7, 11) is 0. The van der Waals surface area contributed by atoms with Gasteiger partial charge in [0.25, 0.3) is 5.91 Å². The normalized spacial score (nSPS) is 12.0. The van der Waals surface area contributed by atoms with Gasteiger partial charge in [-0.25, -0.2) is 9.67 Å². The van der Waals surface area contributed by atoms with Crippen molar-refractivity contribution >= 4 is 33.2 Å². The predicted molar refractivity (Wildman–Crippen MR) is 100 cm³/mol. The van der Waals surface area contributed by atoms with Crippen LogP contribution in [0.3, 0.4) is 0 Å². The van der Waals surface area contributed by atoms with E-state index in [4.69, 9.17) is 4.74 Å². The number of amides is 1. The number of hydrogen-bond donors (Lipinski definition) is 1. The van der Waals surface area contributed by atoms with Crippen LogP contribution in [0, 0.1) is 6.92 Å². The maximum absolute atomic E-state index is 12.2. The molecule has 0 aliphatic carbocycles. The number of aryl methyl sites for hydroxylation is 1. The lowest BCUT2D eigenvalue weighted by Gasteiger charge is -2.12. The van der Waals surface area contributed by atoms with Crippen molar-refractivity contribution in [2.24, 2.45) is 0 Å². The predicted octanol–water partition coefficient (Wildman–Crippen LogP) is 3.48. The highest BCUT2D eigenvalue weighted by Gasteiger charge is 2.18. The van der Waals surface area contributed by atoms with Gasteiger partial charge in [0, 0.05) is 11.6 Å². The molecule has 0 spiro atoms. The number of aromatic nitrogens is 3. The molecule has 1 amide bonds. The zero-order chi connectivity index (χ0) is 17.8. The molecule has 1 unspecified atom stereocenters. The quantitative estimate of drug-likeness (QED) is 0.662. The standard InChI is InChI=1S/C17H17BrN4O2S/c1-11(16(23)19-8-13-10-25-12(2)20-13)24-17-15(18)9-22(21-17)14-6-4-3-5-7-14/h3-7,9-11H,8H2,1-2H3,(H,19,23). The van der Waals surface area contributed by atoms with Crippen LogP contribution in [0.5, 0.6) is 5.88 Å². The summed E-state index contributed by atoms with van der Waals surface area (Å²) in [6, 6.07) is 9.68. The van der Waals surface area contributed by atoms with Crippen molar-refractivity contribution in [1.29, 1.82) is 0 Å². The number of nitrogens with zero attached hydrogens (tertiary/aromatic N) is 3. The van der Waals surface area contributed by atoms with Gasteiger partial charge in [-0.15, -0.1) is 16.4 Å². The van der Waals surface area contributed by atoms with Crippen molar-refractivity contribution in [3.63, 3.8) is 0 Å². The van der Waals surface area contributed by atoms with E-state index in [9.17, 15) is 4.79 Å². The number of carbonyl (C=O) groups excluding carboxylic acids is 1. The van der Waals surface area contributed by atoms with Crippen molar-refractivity contribution in [2.75, 3.05) is 0 Å². The minimum atomic E-state index is -0.671. The number of halogens is 1. The molecule has 0 saturated heterocycles. The topological polar surface area (TPSA) is 69.0 Å². The minimum Gasteiger partial charge on any atom is -0.463 e. The zero-order valence-electron chi connectivity index (χ0n) is 13.8. The average Bonchev–Trinajstić information content (AvgIpc) is 3.19. The lowest BCUT2D eigenvalue weighted by Crippen LogP contribution is -2.36. The second-order valence-electron chi connectivity index (χ2n) is 5.40. The van der Waals surface area contributed by atoms with E-state index in [0.717, 1.165) is 16.4 Å². The van der Waals surface area contributed by atoms with E-state index in [1.165, 1.54) is 0 Å². The fourth-order valence-corrected chi connectivity index (χ4v) is 3.14. The Kier molecular flexibility index (Phi) is 5.50. The van der Waals surface area contributed by atoms with E-state index in [0.29, 0.717) is 16.9 Å². The molecule has 25 heavy (non-hydrogen) atoms. The molecule has 6 nitrogen and oxygen atoms in total. The monoisotopic (exact) mass is 420 g/mol. The SMILES string of the molecule is Cc1nc(CNC(=O)C(C)Oc2nn(-c3ccccc3)cc2Br)cs1. The molecule has 0 bridgehead atoms. The van der Waals surface area contributed by atoms with Gasteiger partial charge in [0.05, 0.1) is 27.4 Å². The van der Waals surface area contributed by atoms with E-state index in [2.05, 4.69) is 31.3 Å². The van der Waals surface area contributed by atoms with Crippen molar-refractivity contribution in [2.45, 2.75) is 26.5 Å². The summed E-state index contributed by atoms with van der Waals surface area (Å²) < 4.78 is 8.08. The summed E-state index contributed by atoms with van der Waals surface area (Å²) in [6.07, 6.45) is 1.13. The Labute approximate surface area is 158 Å². The van der Waals surface area contributed by atoms with Crippen molar-refractivity contribution in [3.8, 4) is 11.6 Å². The fourth-order valence-electron chi connectivity index (χ4n) is 2.16. The number of carbonyl (C=O) groups is 1. The molecule has 0 radical (unpaired) electrons. The van der Waals surface area contributed by atoms with Gasteiger partial charge in [-0.05, 0) is 41.9 Å². The molecule has 2 aromatic heterocycles. The molecular weight excluding hydrogens is 404 g/mol. The van der Waals surface area contributed by atoms with Crippen molar-refractivity contribution in [3.05, 3.63) is 57.1 Å². The highest BCUT2D eigenvalue weighted by molar-refractivity contribution is 9.10. The lowest BCUT2D eigenvalue weighted by atomic mass is 10.3. The Bertz CT molecular complexity index is 863. The molecule has 8 heteroatoms. The van der Waals surface area contributed by atoms with E-state index >= 15 is 0 Å². The zero-order valence-corrected chi connectivity index (χ0v) is 16.2. The van der Waals surface area contributed by atoms with Gasteiger partial charge in [-0.3, -0.25) is 4.79 Å². The van der Waals surface area contributed by atoms with Gasteiger partial charge in [0.15, 0.2) is 6.10 Å². The van der Waals surface area contributed by atoms with Crippen LogP contribution in [-0.4, -0.2) is 26.8 Å². The third-order valence-electron chi connectivity index (χ3n) is 3.43. The molecule has 2 heterocycles. The van der Waals surface area contributed by atoms with Crippen molar-refractivity contribution in [1.82, 2.24) is 20.1 Å². The Morgan fingerprint density at radius 1 is 1.40 bits per heavy atom. The van der Waals surface area contributed by atoms with Crippen LogP contribution in [0.1, 0.15) is 17.6 Å². The fraction of sp³-hybridized carbons (Fsp3) is 0.235. The Morgan fingerprint density at radius 2 is 2.16 bits per heavy atom. The van der Waals surface area contributed by atoms with Gasteiger partial charge in [-0.1, -0.05) is 18.2 Å². The lowest BCUT2D eigenvalue weighted by molar-refractivity contribution is -0.127. The van der Waals surface area contributed by atoms with Crippen LogP contribution in [0.15, 0.2) is 46.4 Å². The highest BCUT2D eigenvalue weighted by Crippen LogP contribution is 2.25. The van der Waals surface area contributed by atoms with E-state index < -0.39 is 6.10 Å². The molecule has 1 aromatic carbocycles. The summed E-state index contributed by atoms with van der Waals surface area (Å²) in [5.74, 6) is 0.155. The summed E-state index contributed by atoms with van der Waals surface area (Å²) in [5, 5.41) is 10.1. The van der Waals surface area contributed by atoms with E-state index in [1.54, 1.807) is 29.1 Å². The van der Waals surface area contributed by atoms with Crippen LogP contribution >= 0.6 is 27.3 Å². The maximum atomic E-state index is 12.2. The van der Waals surface area contributed by atoms with Crippen LogP contribution in [0.2, 0.25) is 0 Å². The summed E-state index contributed by atoms with van der Waals surface area (Å²) in [4.78, 5) is 16.5. The first-order valence-electron chi connectivity index (χ1n) is 7.69. The number of para-hydroxylation sites is 1. The first-order chi connectivity index (χ1) is 12.0. The first kappa shape index (κ1) is 17.6. The highest BCUT2D eigenvalue weighted by atomic mass is 79.9. The largest absolute Gasteiger partial charge is 0.463 e. The summed E-state index contributed by atoms with van der Waals surface area (Å²) >= 11 is 4.98. The van der Waals surface area contributed by atoms with E-state index in [1.807, 2.05) is 42.6 Å². The van der Waals surface area contributed by atoms with E-state index in [-0.39, 0.29) is 5.91 Å². The second kappa shape index (κ2) is 7.79. The molecule has 0 aliphatic heterocycles. The van der Waals surface area contributed by atoms with Crippen LogP contribution in [-0.2, 0) is 11.3 Å². The van der Waals surface area contributed by atoms with Crippen LogP contribution in [0.25, 0.3) is 5.69 Å². The minimum absolute atomic E-state index is 0.216. The Morgan fingerprint density at radius 3 is 2.84 bits per heavy atom. The van der Waals surface area contributed by atoms with Crippen molar-refractivity contribution < 1.29 is 9.53 Å². The van der Waals surface area contributed by atoms with Gasteiger partial charge in [0.2, 0.25) is 5.88 Å². The summed E-state index contributed by atoms with van der Waals surface area (Å²) in [5.41, 5.74) is 1.76. The molecule has 130 valence electrons. The molecule has 1 atom stereocenters. The average molecular weight is 421 g/mol. The molecular formula is C17H17BrN4O2S. The summed E-state index contributed by atoms with van der Waals surface area (Å²) in [6.45, 7) is 4.01. The molecule has 1 N–H and O–H groups in total. The van der Waals surface area contributed by atoms with Gasteiger partial charge >= 0.3 is 0 Å². The molecule has 3 aromatic rings. The maximum Gasteiger partial charge on any atom is 0.261 e. The Balaban J connectivity index is 1.61. The van der Waals surface area contributed by atoms with Crippen LogP contribution in [0.4, 0.5) is 0 Å². The second-order valence-corrected chi connectivity index (χ2v) is 7.31. The van der Waals surface area contributed by atoms with Gasteiger partial charge in [0.1, 0.15) is 0 Å². The first-order valence-corrected chi connectivity index (χ1v) is 9.36. The Hall–Kier alpha value is -2.19. The molecule has 0 saturated carbocycles. The molecule has 0 fully saturated rings. The smallest absolute Gasteiger partial charge is 0.261 e. The number of thiazole rings is 1. The number of hydrogen-bond acceptors (Lipinski definition) is 5. The molecule has 3 rings (SSSR count). The third-order valence-corrected chi connectivity index (χ3v) is 4.79. The third kappa shape index (κ3) is 4.46. The number of nitrogens with one attached hydrogen (secondary N) is 1. The van der Waals surface area contributed by atoms with Crippen LogP contribution < -0.4 is 10.1 Å². The molecule has 0 aliphatic rings. The number of ether oxygens (including phenoxy) is 1. The number of rotatable bonds is 6. The number of benzene rings is 1. The van der Waals surface area contributed by atoms with Gasteiger partial charge < -0.3 is 10.1 Å².